The maximum atomic E-state index is 5.74. The van der Waals surface area contributed by atoms with Crippen LogP contribution in [0.15, 0.2) is 47.5 Å². The summed E-state index contributed by atoms with van der Waals surface area (Å²) in [5, 5.41) is 6.51. The largest absolute Gasteiger partial charge is 0.494 e. The van der Waals surface area contributed by atoms with Gasteiger partial charge in [-0.1, -0.05) is 18.2 Å². The van der Waals surface area contributed by atoms with E-state index < -0.39 is 0 Å². The molecular formula is C20H26IN3O4. The lowest BCUT2D eigenvalue weighted by Crippen LogP contribution is -2.38. The molecule has 0 radical (unpaired) electrons. The number of para-hydroxylation sites is 1. The van der Waals surface area contributed by atoms with Crippen LogP contribution in [0.25, 0.3) is 0 Å². The smallest absolute Gasteiger partial charge is 0.231 e. The lowest BCUT2D eigenvalue weighted by Gasteiger charge is -2.14. The Kier molecular flexibility index (Phi) is 8.99. The Labute approximate surface area is 182 Å². The highest BCUT2D eigenvalue weighted by Crippen LogP contribution is 2.34. The second-order valence-corrected chi connectivity index (χ2v) is 5.76. The molecule has 1 aliphatic rings. The van der Waals surface area contributed by atoms with Gasteiger partial charge in [-0.15, -0.1) is 24.0 Å². The molecular weight excluding hydrogens is 473 g/mol. The van der Waals surface area contributed by atoms with Crippen molar-refractivity contribution in [1.82, 2.24) is 10.6 Å². The highest BCUT2D eigenvalue weighted by Gasteiger charge is 2.13. The van der Waals surface area contributed by atoms with Crippen LogP contribution < -0.4 is 29.6 Å². The average Bonchev–Trinajstić information content (AvgIpc) is 3.16. The van der Waals surface area contributed by atoms with Gasteiger partial charge in [-0.3, -0.25) is 4.99 Å². The number of ether oxygens (including phenoxy) is 4. The lowest BCUT2D eigenvalue weighted by atomic mass is 10.2. The van der Waals surface area contributed by atoms with E-state index in [1.165, 1.54) is 0 Å². The van der Waals surface area contributed by atoms with Gasteiger partial charge in [0, 0.05) is 25.2 Å². The number of halogens is 1. The number of hydrogen-bond acceptors (Lipinski definition) is 5. The van der Waals surface area contributed by atoms with Gasteiger partial charge < -0.3 is 29.6 Å². The molecule has 0 aromatic heterocycles. The third-order valence-corrected chi connectivity index (χ3v) is 3.95. The van der Waals surface area contributed by atoms with Gasteiger partial charge in [-0.05, 0) is 25.1 Å². The van der Waals surface area contributed by atoms with E-state index in [1.54, 1.807) is 7.05 Å². The summed E-state index contributed by atoms with van der Waals surface area (Å²) in [6.07, 6.45) is 0. The van der Waals surface area contributed by atoms with Crippen LogP contribution in [0.5, 0.6) is 23.0 Å². The highest BCUT2D eigenvalue weighted by atomic mass is 127. The molecule has 7 nitrogen and oxygen atoms in total. The summed E-state index contributed by atoms with van der Waals surface area (Å²) in [6, 6.07) is 13.5. The van der Waals surface area contributed by atoms with Gasteiger partial charge in [0.05, 0.1) is 13.2 Å². The fourth-order valence-electron chi connectivity index (χ4n) is 2.65. The number of rotatable bonds is 8. The molecule has 8 heteroatoms. The summed E-state index contributed by atoms with van der Waals surface area (Å²) < 4.78 is 22.0. The lowest BCUT2D eigenvalue weighted by molar-refractivity contribution is 0.173. The van der Waals surface area contributed by atoms with E-state index in [-0.39, 0.29) is 30.8 Å². The van der Waals surface area contributed by atoms with E-state index in [2.05, 4.69) is 15.6 Å². The van der Waals surface area contributed by atoms with Crippen LogP contribution in [-0.4, -0.2) is 39.6 Å². The van der Waals surface area contributed by atoms with Gasteiger partial charge in [0.1, 0.15) is 18.1 Å². The molecule has 2 aromatic carbocycles. The number of hydrogen-bond donors (Lipinski definition) is 2. The zero-order chi connectivity index (χ0) is 18.9. The molecule has 2 aromatic rings. The number of benzene rings is 2. The van der Waals surface area contributed by atoms with Crippen molar-refractivity contribution in [2.24, 2.45) is 4.99 Å². The minimum absolute atomic E-state index is 0. The zero-order valence-corrected chi connectivity index (χ0v) is 18.4. The summed E-state index contributed by atoms with van der Waals surface area (Å²) in [5.41, 5.74) is 1.08. The van der Waals surface area contributed by atoms with E-state index in [9.17, 15) is 0 Å². The Morgan fingerprint density at radius 1 is 1.07 bits per heavy atom. The molecule has 0 amide bonds. The van der Waals surface area contributed by atoms with Crippen LogP contribution >= 0.6 is 24.0 Å². The molecule has 1 heterocycles. The minimum Gasteiger partial charge on any atom is -0.494 e. The molecule has 152 valence electrons. The first-order valence-electron chi connectivity index (χ1n) is 8.98. The normalized spacial score (nSPS) is 12.1. The SMILES string of the molecule is CCOc1ccccc1CNC(=NC)NCCOc1ccc2c(c1)OCO2.I. The molecule has 0 saturated heterocycles. The molecule has 0 spiro atoms. The van der Waals surface area contributed by atoms with Crippen LogP contribution in [0.1, 0.15) is 12.5 Å². The van der Waals surface area contributed by atoms with Crippen LogP contribution in [-0.2, 0) is 6.54 Å². The minimum atomic E-state index is 0. The molecule has 0 unspecified atom stereocenters. The summed E-state index contributed by atoms with van der Waals surface area (Å²) in [5.74, 6) is 3.79. The number of aliphatic imine (C=N–C) groups is 1. The van der Waals surface area contributed by atoms with Gasteiger partial charge in [0.2, 0.25) is 6.79 Å². The Morgan fingerprint density at radius 3 is 2.71 bits per heavy atom. The van der Waals surface area contributed by atoms with Crippen LogP contribution in [0.2, 0.25) is 0 Å². The summed E-state index contributed by atoms with van der Waals surface area (Å²) >= 11 is 0. The maximum absolute atomic E-state index is 5.74. The van der Waals surface area contributed by atoms with Gasteiger partial charge in [-0.25, -0.2) is 0 Å². The van der Waals surface area contributed by atoms with Crippen molar-refractivity contribution in [2.75, 3.05) is 33.6 Å². The fourth-order valence-corrected chi connectivity index (χ4v) is 2.65. The van der Waals surface area contributed by atoms with E-state index >= 15 is 0 Å². The predicted octanol–water partition coefficient (Wildman–Crippen LogP) is 3.18. The molecule has 28 heavy (non-hydrogen) atoms. The maximum Gasteiger partial charge on any atom is 0.231 e. The van der Waals surface area contributed by atoms with Crippen LogP contribution in [0.3, 0.4) is 0 Å². The van der Waals surface area contributed by atoms with Crippen molar-refractivity contribution >= 4 is 29.9 Å². The van der Waals surface area contributed by atoms with E-state index in [0.717, 1.165) is 22.8 Å². The fraction of sp³-hybridized carbons (Fsp3) is 0.350. The number of nitrogens with one attached hydrogen (secondary N) is 2. The second kappa shape index (κ2) is 11.5. The van der Waals surface area contributed by atoms with Crippen molar-refractivity contribution in [2.45, 2.75) is 13.5 Å². The van der Waals surface area contributed by atoms with Crippen molar-refractivity contribution in [3.8, 4) is 23.0 Å². The monoisotopic (exact) mass is 499 g/mol. The summed E-state index contributed by atoms with van der Waals surface area (Å²) in [4.78, 5) is 4.23. The molecule has 3 rings (SSSR count). The second-order valence-electron chi connectivity index (χ2n) is 5.76. The quantitative estimate of drug-likeness (QED) is 0.252. The highest BCUT2D eigenvalue weighted by molar-refractivity contribution is 14.0. The predicted molar refractivity (Wildman–Crippen MR) is 119 cm³/mol. The first-order chi connectivity index (χ1) is 13.3. The Morgan fingerprint density at radius 2 is 1.89 bits per heavy atom. The third-order valence-electron chi connectivity index (χ3n) is 3.95. The van der Waals surface area contributed by atoms with Gasteiger partial charge in [0.25, 0.3) is 0 Å². The molecule has 0 aliphatic carbocycles. The van der Waals surface area contributed by atoms with E-state index in [4.69, 9.17) is 18.9 Å². The number of nitrogens with zero attached hydrogens (tertiary/aromatic N) is 1. The average molecular weight is 499 g/mol. The molecule has 0 atom stereocenters. The van der Waals surface area contributed by atoms with Crippen molar-refractivity contribution < 1.29 is 18.9 Å². The van der Waals surface area contributed by atoms with Crippen molar-refractivity contribution in [1.29, 1.82) is 0 Å². The van der Waals surface area contributed by atoms with Crippen molar-refractivity contribution in [3.05, 3.63) is 48.0 Å². The third kappa shape index (κ3) is 6.08. The molecule has 0 fully saturated rings. The Balaban J connectivity index is 0.00000280. The number of guanidine groups is 1. The van der Waals surface area contributed by atoms with Crippen LogP contribution in [0, 0.1) is 0 Å². The zero-order valence-electron chi connectivity index (χ0n) is 16.1. The van der Waals surface area contributed by atoms with E-state index in [0.29, 0.717) is 38.0 Å². The first-order valence-corrected chi connectivity index (χ1v) is 8.98. The Hall–Kier alpha value is -2.36. The van der Waals surface area contributed by atoms with Crippen LogP contribution in [0.4, 0.5) is 0 Å². The van der Waals surface area contributed by atoms with Crippen molar-refractivity contribution in [3.63, 3.8) is 0 Å². The Bertz CT molecular complexity index is 786. The van der Waals surface area contributed by atoms with Gasteiger partial charge in [-0.2, -0.15) is 0 Å². The number of fused-ring (bicyclic) bond motifs is 1. The first kappa shape index (κ1) is 21.9. The summed E-state index contributed by atoms with van der Waals surface area (Å²) in [6.45, 7) is 4.61. The van der Waals surface area contributed by atoms with Gasteiger partial charge >= 0.3 is 0 Å². The topological polar surface area (TPSA) is 73.3 Å². The molecule has 0 bridgehead atoms. The standard InChI is InChI=1S/C20H25N3O4.HI/c1-3-24-17-7-5-4-6-15(17)13-23-20(21-2)22-10-11-25-16-8-9-18-19(12-16)27-14-26-18;/h4-9,12H,3,10-11,13-14H2,1-2H3,(H2,21,22,23);1H. The molecule has 2 N–H and O–H groups in total. The van der Waals surface area contributed by atoms with Gasteiger partial charge in [0.15, 0.2) is 17.5 Å². The van der Waals surface area contributed by atoms with E-state index in [1.807, 2.05) is 49.4 Å². The molecule has 0 saturated carbocycles. The molecule has 1 aliphatic heterocycles. The summed E-state index contributed by atoms with van der Waals surface area (Å²) in [7, 11) is 1.74.